The summed E-state index contributed by atoms with van der Waals surface area (Å²) in [5.41, 5.74) is 4.83. The summed E-state index contributed by atoms with van der Waals surface area (Å²) in [6, 6.07) is 42.2. The predicted octanol–water partition coefficient (Wildman–Crippen LogP) is 6.62. The molecule has 0 aromatic heterocycles. The highest BCUT2D eigenvalue weighted by molar-refractivity contribution is 5.87. The normalized spacial score (nSPS) is 14.6. The van der Waals surface area contributed by atoms with Crippen molar-refractivity contribution in [3.05, 3.63) is 144 Å². The maximum absolute atomic E-state index is 13.5. The van der Waals surface area contributed by atoms with Crippen LogP contribution in [0.3, 0.4) is 0 Å². The molecule has 0 unspecified atom stereocenters. The molecule has 1 heterocycles. The molecule has 0 bridgehead atoms. The molecule has 1 saturated heterocycles. The SMILES string of the molecule is O=C(NC1CCN(CCC(c2ccccc2)c2ccccc2)CC1)C(c1ccccc1)c1ccccc1. The van der Waals surface area contributed by atoms with E-state index in [1.165, 1.54) is 11.1 Å². The van der Waals surface area contributed by atoms with Crippen LogP contribution >= 0.6 is 0 Å². The lowest BCUT2D eigenvalue weighted by Gasteiger charge is -2.34. The van der Waals surface area contributed by atoms with Crippen molar-refractivity contribution >= 4 is 5.91 Å². The van der Waals surface area contributed by atoms with Crippen molar-refractivity contribution in [3.8, 4) is 0 Å². The van der Waals surface area contributed by atoms with Gasteiger partial charge in [0, 0.05) is 25.0 Å². The van der Waals surface area contributed by atoms with E-state index in [-0.39, 0.29) is 17.9 Å². The second kappa shape index (κ2) is 12.5. The van der Waals surface area contributed by atoms with Gasteiger partial charge < -0.3 is 10.2 Å². The van der Waals surface area contributed by atoms with Crippen molar-refractivity contribution in [2.24, 2.45) is 0 Å². The molecule has 0 radical (unpaired) electrons. The van der Waals surface area contributed by atoms with E-state index in [2.05, 4.69) is 95.1 Å². The van der Waals surface area contributed by atoms with Gasteiger partial charge in [-0.2, -0.15) is 0 Å². The smallest absolute Gasteiger partial charge is 0.232 e. The molecule has 1 fully saturated rings. The first-order valence-corrected chi connectivity index (χ1v) is 13.5. The third kappa shape index (κ3) is 6.55. The highest BCUT2D eigenvalue weighted by Gasteiger charge is 2.27. The fourth-order valence-corrected chi connectivity index (χ4v) is 5.58. The van der Waals surface area contributed by atoms with Crippen LogP contribution in [0, 0.1) is 0 Å². The molecule has 1 aliphatic rings. The molecule has 0 aliphatic carbocycles. The number of nitrogens with one attached hydrogen (secondary N) is 1. The van der Waals surface area contributed by atoms with Crippen LogP contribution < -0.4 is 5.32 Å². The molecule has 4 aromatic rings. The number of carbonyl (C=O) groups excluding carboxylic acids is 1. The Balaban J connectivity index is 1.18. The molecule has 4 aromatic carbocycles. The minimum atomic E-state index is -0.280. The molecular weight excluding hydrogens is 452 g/mol. The van der Waals surface area contributed by atoms with Gasteiger partial charge in [0.05, 0.1) is 5.92 Å². The summed E-state index contributed by atoms with van der Waals surface area (Å²) in [4.78, 5) is 16.1. The van der Waals surface area contributed by atoms with Crippen LogP contribution in [0.1, 0.15) is 53.4 Å². The fourth-order valence-electron chi connectivity index (χ4n) is 5.58. The number of likely N-dealkylation sites (tertiary alicyclic amines) is 1. The van der Waals surface area contributed by atoms with Crippen LogP contribution in [0.5, 0.6) is 0 Å². The summed E-state index contributed by atoms with van der Waals surface area (Å²) >= 11 is 0. The first-order chi connectivity index (χ1) is 18.3. The number of nitrogens with zero attached hydrogens (tertiary/aromatic N) is 1. The first kappa shape index (κ1) is 25.0. The molecule has 3 heteroatoms. The van der Waals surface area contributed by atoms with Gasteiger partial charge in [0.2, 0.25) is 5.91 Å². The van der Waals surface area contributed by atoms with Gasteiger partial charge in [-0.05, 0) is 48.1 Å². The molecule has 1 amide bonds. The van der Waals surface area contributed by atoms with E-state index in [9.17, 15) is 4.79 Å². The van der Waals surface area contributed by atoms with Crippen molar-refractivity contribution in [1.82, 2.24) is 10.2 Å². The standard InChI is InChI=1S/C34H36N2O/c37-34(33(29-17-9-3-10-18-29)30-19-11-4-12-20-30)35-31-21-24-36(25-22-31)26-23-32(27-13-5-1-6-14-27)28-15-7-2-8-16-28/h1-20,31-33H,21-26H2,(H,35,37). The Morgan fingerprint density at radius 2 is 1.05 bits per heavy atom. The Kier molecular flexibility index (Phi) is 8.45. The van der Waals surface area contributed by atoms with E-state index in [0.29, 0.717) is 5.92 Å². The van der Waals surface area contributed by atoms with Gasteiger partial charge >= 0.3 is 0 Å². The van der Waals surface area contributed by atoms with Gasteiger partial charge in [-0.25, -0.2) is 0 Å². The van der Waals surface area contributed by atoms with Gasteiger partial charge in [0.25, 0.3) is 0 Å². The Labute approximate surface area is 221 Å². The van der Waals surface area contributed by atoms with Gasteiger partial charge in [-0.3, -0.25) is 4.79 Å². The first-order valence-electron chi connectivity index (χ1n) is 13.5. The average Bonchev–Trinajstić information content (AvgIpc) is 2.96. The Bertz CT molecular complexity index is 1140. The topological polar surface area (TPSA) is 32.3 Å². The largest absolute Gasteiger partial charge is 0.352 e. The van der Waals surface area contributed by atoms with E-state index >= 15 is 0 Å². The highest BCUT2D eigenvalue weighted by atomic mass is 16.1. The molecule has 1 aliphatic heterocycles. The van der Waals surface area contributed by atoms with E-state index in [1.807, 2.05) is 36.4 Å². The number of benzene rings is 4. The molecule has 188 valence electrons. The molecule has 0 saturated carbocycles. The number of amides is 1. The van der Waals surface area contributed by atoms with Crippen LogP contribution in [0.4, 0.5) is 0 Å². The summed E-state index contributed by atoms with van der Waals surface area (Å²) < 4.78 is 0. The van der Waals surface area contributed by atoms with Crippen molar-refractivity contribution in [3.63, 3.8) is 0 Å². The van der Waals surface area contributed by atoms with E-state index in [1.54, 1.807) is 0 Å². The van der Waals surface area contributed by atoms with Crippen LogP contribution in [0.2, 0.25) is 0 Å². The maximum Gasteiger partial charge on any atom is 0.232 e. The highest BCUT2D eigenvalue weighted by Crippen LogP contribution is 2.29. The molecule has 0 atom stereocenters. The zero-order valence-corrected chi connectivity index (χ0v) is 21.4. The van der Waals surface area contributed by atoms with Crippen molar-refractivity contribution in [2.75, 3.05) is 19.6 Å². The van der Waals surface area contributed by atoms with Crippen LogP contribution in [0.25, 0.3) is 0 Å². The zero-order chi connectivity index (χ0) is 25.3. The quantitative estimate of drug-likeness (QED) is 0.287. The summed E-state index contributed by atoms with van der Waals surface area (Å²) in [7, 11) is 0. The minimum absolute atomic E-state index is 0.101. The molecule has 5 rings (SSSR count). The fraction of sp³-hybridized carbons (Fsp3) is 0.265. The van der Waals surface area contributed by atoms with Gasteiger partial charge in [-0.15, -0.1) is 0 Å². The summed E-state index contributed by atoms with van der Waals surface area (Å²) in [6.07, 6.45) is 3.07. The average molecular weight is 489 g/mol. The van der Waals surface area contributed by atoms with Crippen molar-refractivity contribution < 1.29 is 4.79 Å². The molecule has 1 N–H and O–H groups in total. The van der Waals surface area contributed by atoms with Crippen molar-refractivity contribution in [2.45, 2.75) is 37.1 Å². The summed E-state index contributed by atoms with van der Waals surface area (Å²) in [5.74, 6) is 0.222. The van der Waals surface area contributed by atoms with Gasteiger partial charge in [-0.1, -0.05) is 121 Å². The zero-order valence-electron chi connectivity index (χ0n) is 21.4. The second-order valence-electron chi connectivity index (χ2n) is 10.0. The van der Waals surface area contributed by atoms with E-state index < -0.39 is 0 Å². The lowest BCUT2D eigenvalue weighted by Crippen LogP contribution is -2.46. The monoisotopic (exact) mass is 488 g/mol. The van der Waals surface area contributed by atoms with Crippen LogP contribution in [-0.2, 0) is 4.79 Å². The number of piperidine rings is 1. The van der Waals surface area contributed by atoms with Crippen molar-refractivity contribution in [1.29, 1.82) is 0 Å². The van der Waals surface area contributed by atoms with E-state index in [4.69, 9.17) is 0 Å². The van der Waals surface area contributed by atoms with E-state index in [0.717, 1.165) is 50.0 Å². The number of carbonyl (C=O) groups is 1. The molecule has 0 spiro atoms. The minimum Gasteiger partial charge on any atom is -0.352 e. The number of hydrogen-bond donors (Lipinski definition) is 1. The number of rotatable bonds is 9. The van der Waals surface area contributed by atoms with Gasteiger partial charge in [0.1, 0.15) is 0 Å². The summed E-state index contributed by atoms with van der Waals surface area (Å²) in [6.45, 7) is 3.09. The van der Waals surface area contributed by atoms with Crippen LogP contribution in [0.15, 0.2) is 121 Å². The molecule has 3 nitrogen and oxygen atoms in total. The summed E-state index contributed by atoms with van der Waals surface area (Å²) in [5, 5.41) is 3.39. The number of hydrogen-bond acceptors (Lipinski definition) is 2. The lowest BCUT2D eigenvalue weighted by molar-refractivity contribution is -0.122. The maximum atomic E-state index is 13.5. The Morgan fingerprint density at radius 1 is 0.649 bits per heavy atom. The third-order valence-corrected chi connectivity index (χ3v) is 7.60. The second-order valence-corrected chi connectivity index (χ2v) is 10.0. The Morgan fingerprint density at radius 3 is 1.49 bits per heavy atom. The van der Waals surface area contributed by atoms with Crippen LogP contribution in [-0.4, -0.2) is 36.5 Å². The molecular formula is C34H36N2O. The molecule has 37 heavy (non-hydrogen) atoms. The Hall–Kier alpha value is -3.69. The third-order valence-electron chi connectivity index (χ3n) is 7.60. The van der Waals surface area contributed by atoms with Gasteiger partial charge in [0.15, 0.2) is 0 Å². The lowest BCUT2D eigenvalue weighted by atomic mass is 9.88. The predicted molar refractivity (Wildman–Crippen MR) is 152 cm³/mol.